The van der Waals surface area contributed by atoms with Crippen molar-refractivity contribution in [2.75, 3.05) is 11.9 Å². The zero-order valence-corrected chi connectivity index (χ0v) is 8.80. The van der Waals surface area contributed by atoms with Gasteiger partial charge >= 0.3 is 0 Å². The highest BCUT2D eigenvalue weighted by Gasteiger charge is 2.30. The van der Waals surface area contributed by atoms with Crippen molar-refractivity contribution in [3.05, 3.63) is 28.4 Å². The van der Waals surface area contributed by atoms with Crippen molar-refractivity contribution in [2.24, 2.45) is 11.7 Å². The summed E-state index contributed by atoms with van der Waals surface area (Å²) < 4.78 is 0. The van der Waals surface area contributed by atoms with Gasteiger partial charge in [-0.3, -0.25) is 10.1 Å². The number of aromatic nitrogens is 1. The van der Waals surface area contributed by atoms with Crippen LogP contribution in [0.3, 0.4) is 0 Å². The van der Waals surface area contributed by atoms with Crippen molar-refractivity contribution < 1.29 is 4.92 Å². The van der Waals surface area contributed by atoms with Crippen LogP contribution in [0.1, 0.15) is 12.8 Å². The minimum absolute atomic E-state index is 0.0454. The fraction of sp³-hybridized carbons (Fsp3) is 0.500. The molecule has 1 aromatic heterocycles. The van der Waals surface area contributed by atoms with Crippen LogP contribution in [0, 0.1) is 16.0 Å². The van der Waals surface area contributed by atoms with Gasteiger partial charge in [0.05, 0.1) is 11.0 Å². The van der Waals surface area contributed by atoms with Crippen LogP contribution < -0.4 is 11.1 Å². The molecule has 1 aliphatic carbocycles. The quantitative estimate of drug-likeness (QED) is 0.575. The van der Waals surface area contributed by atoms with Crippen LogP contribution in [0.25, 0.3) is 0 Å². The molecular formula is C10H14N4O2. The van der Waals surface area contributed by atoms with Crippen molar-refractivity contribution in [1.82, 2.24) is 4.98 Å². The first-order valence-corrected chi connectivity index (χ1v) is 5.27. The summed E-state index contributed by atoms with van der Waals surface area (Å²) in [5.41, 5.74) is 5.68. The monoisotopic (exact) mass is 222 g/mol. The molecule has 1 saturated carbocycles. The van der Waals surface area contributed by atoms with Crippen LogP contribution in [0.2, 0.25) is 0 Å². The van der Waals surface area contributed by atoms with E-state index >= 15 is 0 Å². The van der Waals surface area contributed by atoms with Crippen LogP contribution in [0.5, 0.6) is 0 Å². The van der Waals surface area contributed by atoms with Gasteiger partial charge in [-0.2, -0.15) is 0 Å². The summed E-state index contributed by atoms with van der Waals surface area (Å²) in [6.45, 7) is 0.523. The van der Waals surface area contributed by atoms with Gasteiger partial charge < -0.3 is 11.1 Å². The summed E-state index contributed by atoms with van der Waals surface area (Å²) >= 11 is 0. The number of hydrogen-bond acceptors (Lipinski definition) is 5. The molecule has 0 aromatic carbocycles. The Balaban J connectivity index is 2.07. The number of rotatable bonds is 5. The van der Waals surface area contributed by atoms with Gasteiger partial charge in [0.15, 0.2) is 0 Å². The summed E-state index contributed by atoms with van der Waals surface area (Å²) in [5.74, 6) is 1.11. The molecule has 1 atom stereocenters. The third-order valence-corrected chi connectivity index (χ3v) is 2.73. The Morgan fingerprint density at radius 3 is 3.00 bits per heavy atom. The number of nitrogens with two attached hydrogens (primary N) is 1. The minimum atomic E-state index is -0.429. The molecular weight excluding hydrogens is 208 g/mol. The number of nitrogens with zero attached hydrogens (tertiary/aromatic N) is 2. The van der Waals surface area contributed by atoms with E-state index in [1.165, 1.54) is 31.2 Å². The van der Waals surface area contributed by atoms with Gasteiger partial charge in [-0.25, -0.2) is 4.98 Å². The van der Waals surface area contributed by atoms with Crippen LogP contribution in [-0.4, -0.2) is 22.5 Å². The lowest BCUT2D eigenvalue weighted by atomic mass is 10.2. The second-order valence-electron chi connectivity index (χ2n) is 3.98. The van der Waals surface area contributed by atoms with E-state index in [0.717, 1.165) is 0 Å². The number of nitro groups is 1. The molecule has 0 spiro atoms. The molecule has 2 rings (SSSR count). The van der Waals surface area contributed by atoms with Crippen molar-refractivity contribution in [3.8, 4) is 0 Å². The van der Waals surface area contributed by atoms with E-state index in [1.54, 1.807) is 0 Å². The third kappa shape index (κ3) is 2.46. The zero-order valence-electron chi connectivity index (χ0n) is 8.80. The first-order chi connectivity index (χ1) is 7.70. The van der Waals surface area contributed by atoms with Gasteiger partial charge in [-0.15, -0.1) is 0 Å². The average Bonchev–Trinajstić information content (AvgIpc) is 3.10. The largest absolute Gasteiger partial charge is 0.366 e. The Labute approximate surface area is 93.0 Å². The molecule has 0 aliphatic heterocycles. The molecule has 1 aliphatic rings. The molecule has 0 saturated heterocycles. The van der Waals surface area contributed by atoms with E-state index in [2.05, 4.69) is 10.3 Å². The van der Waals surface area contributed by atoms with Crippen LogP contribution in [0.4, 0.5) is 11.5 Å². The molecule has 1 unspecified atom stereocenters. The maximum absolute atomic E-state index is 10.6. The van der Waals surface area contributed by atoms with E-state index in [-0.39, 0.29) is 11.7 Å². The Morgan fingerprint density at radius 2 is 2.44 bits per heavy atom. The van der Waals surface area contributed by atoms with Gasteiger partial charge in [0, 0.05) is 24.8 Å². The fourth-order valence-electron chi connectivity index (χ4n) is 1.67. The predicted octanol–water partition coefficient (Wildman–Crippen LogP) is 1.14. The maximum Gasteiger partial charge on any atom is 0.274 e. The van der Waals surface area contributed by atoms with Crippen LogP contribution >= 0.6 is 0 Å². The summed E-state index contributed by atoms with van der Waals surface area (Å²) in [4.78, 5) is 14.2. The second kappa shape index (κ2) is 4.44. The molecule has 0 radical (unpaired) electrons. The average molecular weight is 222 g/mol. The first kappa shape index (κ1) is 10.8. The SMILES string of the molecule is NCC(Nc1cc([N+](=O)[O-])ccn1)C1CC1. The fourth-order valence-corrected chi connectivity index (χ4v) is 1.67. The number of anilines is 1. The Bertz CT molecular complexity index is 392. The maximum atomic E-state index is 10.6. The molecule has 6 heteroatoms. The van der Waals surface area contributed by atoms with Gasteiger partial charge in [0.1, 0.15) is 5.82 Å². The number of hydrogen-bond donors (Lipinski definition) is 2. The van der Waals surface area contributed by atoms with E-state index in [1.807, 2.05) is 0 Å². The Morgan fingerprint density at radius 1 is 1.69 bits per heavy atom. The lowest BCUT2D eigenvalue weighted by Gasteiger charge is -2.16. The van der Waals surface area contributed by atoms with Crippen molar-refractivity contribution in [3.63, 3.8) is 0 Å². The van der Waals surface area contributed by atoms with Crippen LogP contribution in [0.15, 0.2) is 18.3 Å². The topological polar surface area (TPSA) is 94.1 Å². The van der Waals surface area contributed by atoms with E-state index in [0.29, 0.717) is 18.3 Å². The van der Waals surface area contributed by atoms with Gasteiger partial charge in [0.2, 0.25) is 0 Å². The number of pyridine rings is 1. The summed E-state index contributed by atoms with van der Waals surface area (Å²) in [7, 11) is 0. The lowest BCUT2D eigenvalue weighted by Crippen LogP contribution is -2.31. The van der Waals surface area contributed by atoms with E-state index in [4.69, 9.17) is 5.73 Å². The molecule has 0 amide bonds. The van der Waals surface area contributed by atoms with E-state index in [9.17, 15) is 10.1 Å². The molecule has 1 fully saturated rings. The third-order valence-electron chi connectivity index (χ3n) is 2.73. The lowest BCUT2D eigenvalue weighted by molar-refractivity contribution is -0.384. The van der Waals surface area contributed by atoms with Gasteiger partial charge in [-0.05, 0) is 18.8 Å². The first-order valence-electron chi connectivity index (χ1n) is 5.27. The molecule has 6 nitrogen and oxygen atoms in total. The molecule has 16 heavy (non-hydrogen) atoms. The van der Waals surface area contributed by atoms with Crippen molar-refractivity contribution in [1.29, 1.82) is 0 Å². The van der Waals surface area contributed by atoms with Gasteiger partial charge in [-0.1, -0.05) is 0 Å². The highest BCUT2D eigenvalue weighted by molar-refractivity contribution is 5.45. The molecule has 1 aromatic rings. The number of nitrogens with one attached hydrogen (secondary N) is 1. The van der Waals surface area contributed by atoms with Crippen molar-refractivity contribution in [2.45, 2.75) is 18.9 Å². The summed E-state index contributed by atoms with van der Waals surface area (Å²) in [6.07, 6.45) is 3.77. The predicted molar refractivity (Wildman–Crippen MR) is 60.1 cm³/mol. The highest BCUT2D eigenvalue weighted by Crippen LogP contribution is 2.33. The van der Waals surface area contributed by atoms with Crippen molar-refractivity contribution >= 4 is 11.5 Å². The van der Waals surface area contributed by atoms with Crippen LogP contribution in [-0.2, 0) is 0 Å². The highest BCUT2D eigenvalue weighted by atomic mass is 16.6. The van der Waals surface area contributed by atoms with E-state index < -0.39 is 4.92 Å². The normalized spacial score (nSPS) is 16.8. The smallest absolute Gasteiger partial charge is 0.274 e. The molecule has 0 bridgehead atoms. The molecule has 3 N–H and O–H groups in total. The minimum Gasteiger partial charge on any atom is -0.366 e. The molecule has 86 valence electrons. The standard InChI is InChI=1S/C10H14N4O2/c11-6-9(7-1-2-7)13-10-5-8(14(15)16)3-4-12-10/h3-5,7,9H,1-2,6,11H2,(H,12,13). The van der Waals surface area contributed by atoms with Gasteiger partial charge in [0.25, 0.3) is 5.69 Å². The molecule has 1 heterocycles. The Kier molecular flexibility index (Phi) is 3.00. The second-order valence-corrected chi connectivity index (χ2v) is 3.98. The zero-order chi connectivity index (χ0) is 11.5. The Hall–Kier alpha value is -1.69. The summed E-state index contributed by atoms with van der Waals surface area (Å²) in [5, 5.41) is 13.7. The summed E-state index contributed by atoms with van der Waals surface area (Å²) in [6, 6.07) is 2.99.